The summed E-state index contributed by atoms with van der Waals surface area (Å²) in [6, 6.07) is 9.07. The summed E-state index contributed by atoms with van der Waals surface area (Å²) in [6.07, 6.45) is -3.87. The second-order valence-electron chi connectivity index (χ2n) is 9.60. The molecule has 1 saturated heterocycles. The number of fused-ring (bicyclic) bond motifs is 2. The van der Waals surface area contributed by atoms with Gasteiger partial charge in [0.05, 0.1) is 7.11 Å². The van der Waals surface area contributed by atoms with Crippen molar-refractivity contribution in [3.63, 3.8) is 0 Å². The molecule has 0 bridgehead atoms. The van der Waals surface area contributed by atoms with Crippen LogP contribution in [0.25, 0.3) is 21.9 Å². The first-order valence-electron chi connectivity index (χ1n) is 12.5. The van der Waals surface area contributed by atoms with E-state index in [9.17, 15) is 19.9 Å². The van der Waals surface area contributed by atoms with E-state index < -0.39 is 44.2 Å². The summed E-state index contributed by atoms with van der Waals surface area (Å²) in [5, 5.41) is 32.6. The second kappa shape index (κ2) is 11.4. The first kappa shape index (κ1) is 29.6. The van der Waals surface area contributed by atoms with Gasteiger partial charge >= 0.3 is 14.1 Å². The van der Waals surface area contributed by atoms with Crippen molar-refractivity contribution in [3.8, 4) is 17.4 Å². The van der Waals surface area contributed by atoms with Crippen LogP contribution in [0.2, 0.25) is 5.28 Å². The van der Waals surface area contributed by atoms with E-state index in [-0.39, 0.29) is 46.4 Å². The fraction of sp³-hybridized carbons (Fsp3) is 0.360. The van der Waals surface area contributed by atoms with Crippen LogP contribution in [0.1, 0.15) is 20.1 Å². The summed E-state index contributed by atoms with van der Waals surface area (Å²) in [5.74, 6) is -1.17. The summed E-state index contributed by atoms with van der Waals surface area (Å²) >= 11 is 6.40. The fourth-order valence-corrected chi connectivity index (χ4v) is 5.56. The van der Waals surface area contributed by atoms with Crippen LogP contribution in [0.4, 0.5) is 5.95 Å². The number of nitrogens with two attached hydrogens (primary N) is 1. The van der Waals surface area contributed by atoms with Crippen LogP contribution in [0.15, 0.2) is 41.1 Å². The largest absolute Gasteiger partial charge is 0.575 e. The smallest absolute Gasteiger partial charge is 0.395 e. The molecule has 2 unspecified atom stereocenters. The molecule has 42 heavy (non-hydrogen) atoms. The minimum absolute atomic E-state index is 0.0502. The maximum Gasteiger partial charge on any atom is 0.395 e. The van der Waals surface area contributed by atoms with E-state index in [0.717, 1.165) is 5.39 Å². The number of anilines is 1. The van der Waals surface area contributed by atoms with E-state index in [1.54, 1.807) is 36.4 Å². The number of carboxylic acid groups (broad SMARTS) is 1. The molecular formula is C25H26ClN6O9P. The van der Waals surface area contributed by atoms with Crippen LogP contribution < -0.4 is 24.6 Å². The van der Waals surface area contributed by atoms with E-state index in [1.165, 1.54) is 25.5 Å². The Bertz CT molecular complexity index is 1700. The van der Waals surface area contributed by atoms with Gasteiger partial charge in [0.1, 0.15) is 24.4 Å². The first-order valence-corrected chi connectivity index (χ1v) is 14.0. The van der Waals surface area contributed by atoms with Gasteiger partial charge in [-0.1, -0.05) is 35.1 Å². The third kappa shape index (κ3) is 5.38. The predicted molar refractivity (Wildman–Crippen MR) is 148 cm³/mol. The number of hydrogen-bond acceptors (Lipinski definition) is 13. The second-order valence-corrected chi connectivity index (χ2v) is 10.8. The first-order chi connectivity index (χ1) is 19.9. The molecule has 2 aromatic heterocycles. The topological polar surface area (TPSA) is 220 Å². The molecule has 15 nitrogen and oxygen atoms in total. The van der Waals surface area contributed by atoms with E-state index in [4.69, 9.17) is 41.2 Å². The summed E-state index contributed by atoms with van der Waals surface area (Å²) in [6.45, 7) is 2.33. The average molecular weight is 621 g/mol. The van der Waals surface area contributed by atoms with Crippen molar-refractivity contribution >= 4 is 53.6 Å². The van der Waals surface area contributed by atoms with Crippen LogP contribution >= 0.6 is 19.8 Å². The number of carbonyl (C=O) groups is 1. The fourth-order valence-electron chi connectivity index (χ4n) is 4.54. The highest BCUT2D eigenvalue weighted by Crippen LogP contribution is 2.44. The number of rotatable bonds is 9. The SMILES string of the molecule is COc1nc(N)nc2c1nc(Cl)n2[C@@H]1O[C@H](COc2ccc3ccccc3c2O[P+]([O-])=NC(C)C(=O)O)[C@@H](O)[C@@]1(C)O. The Labute approximate surface area is 244 Å². The molecule has 2 aromatic carbocycles. The molecule has 5 N–H and O–H groups in total. The molecule has 0 saturated carbocycles. The maximum absolute atomic E-state index is 12.6. The predicted octanol–water partition coefficient (Wildman–Crippen LogP) is 2.02. The quantitative estimate of drug-likeness (QED) is 0.156. The zero-order valence-electron chi connectivity index (χ0n) is 22.4. The Morgan fingerprint density at radius 1 is 1.31 bits per heavy atom. The standard InChI is InChI=1S/C25H26ClN6O9P/c1-11(21(34)35)31-42(37)41-17-13-7-5-4-6-12(13)8-9-14(17)39-10-15-18(33)25(2,36)22(40-15)32-19-16(28-23(32)26)20(38-3)30-24(27)29-19/h4-9,11,15,18,22,33,36H,10H2,1-3H3,(H,34,35)(H2,27,29,30)/t11?,15-,18-,22-,25-/m1/s1. The molecule has 1 aliphatic rings. The number of aliphatic carboxylic acids is 1. The average Bonchev–Trinajstić information content (AvgIpc) is 3.38. The van der Waals surface area contributed by atoms with Crippen molar-refractivity contribution in [3.05, 3.63) is 41.7 Å². The molecule has 0 spiro atoms. The molecular weight excluding hydrogens is 595 g/mol. The van der Waals surface area contributed by atoms with Gasteiger partial charge in [-0.25, -0.2) is 9.78 Å². The molecule has 0 aliphatic carbocycles. The molecule has 5 rings (SSSR count). The third-order valence-corrected chi connectivity index (χ3v) is 7.85. The lowest BCUT2D eigenvalue weighted by Gasteiger charge is -2.27. The Kier molecular flexibility index (Phi) is 8.07. The number of halogens is 1. The summed E-state index contributed by atoms with van der Waals surface area (Å²) in [4.78, 5) is 36.1. The zero-order chi connectivity index (χ0) is 30.3. The molecule has 0 radical (unpaired) electrons. The van der Waals surface area contributed by atoms with Gasteiger partial charge < -0.3 is 40.2 Å². The highest BCUT2D eigenvalue weighted by Gasteiger charge is 2.54. The Hall–Kier alpha value is -3.85. The number of imidazole rings is 1. The zero-order valence-corrected chi connectivity index (χ0v) is 24.1. The molecule has 6 atom stereocenters. The monoisotopic (exact) mass is 620 g/mol. The molecule has 222 valence electrons. The van der Waals surface area contributed by atoms with Gasteiger partial charge in [0.2, 0.25) is 22.9 Å². The number of methoxy groups -OCH3 is 1. The summed E-state index contributed by atoms with van der Waals surface area (Å²) < 4.78 is 27.7. The lowest BCUT2D eigenvalue weighted by molar-refractivity contribution is -0.169. The Morgan fingerprint density at radius 2 is 2.05 bits per heavy atom. The van der Waals surface area contributed by atoms with Gasteiger partial charge in [-0.05, 0) is 36.9 Å². The third-order valence-electron chi connectivity index (χ3n) is 6.71. The number of benzene rings is 2. The highest BCUT2D eigenvalue weighted by molar-refractivity contribution is 7.34. The van der Waals surface area contributed by atoms with Gasteiger partial charge in [-0.2, -0.15) is 9.97 Å². The summed E-state index contributed by atoms with van der Waals surface area (Å²) in [7, 11) is -1.42. The van der Waals surface area contributed by atoms with Crippen molar-refractivity contribution in [2.75, 3.05) is 19.5 Å². The van der Waals surface area contributed by atoms with E-state index in [0.29, 0.717) is 5.39 Å². The van der Waals surface area contributed by atoms with Crippen LogP contribution in [-0.2, 0) is 9.53 Å². The van der Waals surface area contributed by atoms with Crippen LogP contribution in [0.5, 0.6) is 17.4 Å². The van der Waals surface area contributed by atoms with Gasteiger partial charge in [-0.15, -0.1) is 0 Å². The molecule has 1 fully saturated rings. The van der Waals surface area contributed by atoms with Gasteiger partial charge in [0.25, 0.3) is 0 Å². The van der Waals surface area contributed by atoms with Crippen molar-refractivity contribution in [2.45, 2.75) is 43.9 Å². The van der Waals surface area contributed by atoms with E-state index >= 15 is 0 Å². The van der Waals surface area contributed by atoms with Gasteiger partial charge in [-0.3, -0.25) is 9.09 Å². The lowest BCUT2D eigenvalue weighted by atomic mass is 9.96. The Morgan fingerprint density at radius 3 is 2.76 bits per heavy atom. The minimum atomic E-state index is -2.79. The summed E-state index contributed by atoms with van der Waals surface area (Å²) in [5.41, 5.74) is 4.18. The van der Waals surface area contributed by atoms with Crippen LogP contribution in [-0.4, -0.2) is 78.4 Å². The number of carboxylic acids is 1. The number of ether oxygens (including phenoxy) is 3. The number of hydrogen-bond donors (Lipinski definition) is 4. The van der Waals surface area contributed by atoms with Crippen molar-refractivity contribution in [1.29, 1.82) is 0 Å². The maximum atomic E-state index is 12.6. The molecule has 4 aromatic rings. The molecule has 3 heterocycles. The van der Waals surface area contributed by atoms with Crippen molar-refractivity contribution in [1.82, 2.24) is 19.5 Å². The molecule has 0 amide bonds. The normalized spacial score (nSPS) is 23.3. The van der Waals surface area contributed by atoms with E-state index in [2.05, 4.69) is 19.7 Å². The van der Waals surface area contributed by atoms with Gasteiger partial charge in [0, 0.05) is 5.39 Å². The number of aliphatic hydroxyl groups excluding tert-OH is 1. The molecule has 17 heteroatoms. The highest BCUT2D eigenvalue weighted by atomic mass is 35.5. The lowest BCUT2D eigenvalue weighted by Crippen LogP contribution is -2.44. The number of aliphatic hydroxyl groups is 2. The van der Waals surface area contributed by atoms with Crippen molar-refractivity contribution in [2.24, 2.45) is 4.74 Å². The molecule has 1 aliphatic heterocycles. The number of aromatic nitrogens is 4. The number of nitrogens with zero attached hydrogens (tertiary/aromatic N) is 5. The number of nitrogen functional groups attached to an aromatic ring is 1. The van der Waals surface area contributed by atoms with Crippen molar-refractivity contribution < 1.29 is 43.7 Å². The van der Waals surface area contributed by atoms with Crippen LogP contribution in [0.3, 0.4) is 0 Å². The van der Waals surface area contributed by atoms with Crippen LogP contribution in [0, 0.1) is 0 Å². The van der Waals surface area contributed by atoms with Gasteiger partial charge in [0.15, 0.2) is 29.2 Å². The minimum Gasteiger partial charge on any atom is -0.575 e. The Balaban J connectivity index is 1.45. The van der Waals surface area contributed by atoms with E-state index in [1.807, 2.05) is 0 Å².